The van der Waals surface area contributed by atoms with Crippen LogP contribution in [-0.2, 0) is 24.2 Å². The van der Waals surface area contributed by atoms with Gasteiger partial charge in [-0.3, -0.25) is 4.79 Å². The number of sulfone groups is 1. The molecule has 20 heavy (non-hydrogen) atoms. The van der Waals surface area contributed by atoms with E-state index < -0.39 is 33.5 Å². The molecule has 0 spiro atoms. The Kier molecular flexibility index (Phi) is 6.41. The number of amides is 1. The number of unbranched alkanes of at least 4 members (excludes halogenated alkanes) is 2. The highest BCUT2D eigenvalue weighted by molar-refractivity contribution is 7.92. The molecule has 8 heteroatoms. The summed E-state index contributed by atoms with van der Waals surface area (Å²) < 4.78 is 28.6. The van der Waals surface area contributed by atoms with Gasteiger partial charge in [-0.1, -0.05) is 19.8 Å². The van der Waals surface area contributed by atoms with Crippen LogP contribution in [0.3, 0.4) is 0 Å². The van der Waals surface area contributed by atoms with Crippen molar-refractivity contribution in [1.29, 1.82) is 0 Å². The van der Waals surface area contributed by atoms with Crippen molar-refractivity contribution in [1.82, 2.24) is 4.90 Å². The number of ether oxygens (including phenoxy) is 1. The molecule has 0 aliphatic carbocycles. The fourth-order valence-electron chi connectivity index (χ4n) is 2.02. The summed E-state index contributed by atoms with van der Waals surface area (Å²) in [5, 5.41) is 9.01. The summed E-state index contributed by atoms with van der Waals surface area (Å²) >= 11 is 0. The first-order valence-electron chi connectivity index (χ1n) is 6.68. The van der Waals surface area contributed by atoms with Crippen LogP contribution >= 0.6 is 0 Å². The smallest absolute Gasteiger partial charge is 0.328 e. The van der Waals surface area contributed by atoms with Crippen LogP contribution in [0.4, 0.5) is 0 Å². The van der Waals surface area contributed by atoms with Gasteiger partial charge in [0.05, 0.1) is 19.0 Å². The number of morpholine rings is 1. The lowest BCUT2D eigenvalue weighted by atomic mass is 10.2. The van der Waals surface area contributed by atoms with Crippen molar-refractivity contribution in [3.05, 3.63) is 0 Å². The van der Waals surface area contributed by atoms with Crippen molar-refractivity contribution in [3.63, 3.8) is 0 Å². The first-order chi connectivity index (χ1) is 9.37. The number of carbonyl (C=O) groups is 2. The van der Waals surface area contributed by atoms with Crippen LogP contribution in [0.2, 0.25) is 0 Å². The molecule has 1 amide bonds. The van der Waals surface area contributed by atoms with Crippen LogP contribution < -0.4 is 0 Å². The summed E-state index contributed by atoms with van der Waals surface area (Å²) in [5.41, 5.74) is 0. The number of carbonyl (C=O) groups excluding carboxylic acids is 1. The van der Waals surface area contributed by atoms with Gasteiger partial charge in [-0.05, 0) is 6.42 Å². The summed E-state index contributed by atoms with van der Waals surface area (Å²) in [5.74, 6) is -2.49. The van der Waals surface area contributed by atoms with E-state index in [9.17, 15) is 18.0 Å². The standard InChI is InChI=1S/C12H21NO6S/c1-2-3-4-7-20(17,18)9-11(14)13-5-6-19-8-10(13)12(15)16/h10H,2-9H2,1H3,(H,15,16). The van der Waals surface area contributed by atoms with Crippen LogP contribution in [0, 0.1) is 0 Å². The second kappa shape index (κ2) is 7.58. The Bertz CT molecular complexity index is 447. The Morgan fingerprint density at radius 3 is 2.65 bits per heavy atom. The monoisotopic (exact) mass is 307 g/mol. The summed E-state index contributed by atoms with van der Waals surface area (Å²) in [6.07, 6.45) is 2.22. The van der Waals surface area contributed by atoms with Gasteiger partial charge < -0.3 is 14.7 Å². The van der Waals surface area contributed by atoms with Crippen LogP contribution in [-0.4, -0.2) is 67.6 Å². The zero-order valence-electron chi connectivity index (χ0n) is 11.6. The summed E-state index contributed by atoms with van der Waals surface area (Å²) in [6, 6.07) is -1.10. The van der Waals surface area contributed by atoms with Gasteiger partial charge in [0, 0.05) is 6.54 Å². The molecule has 1 aliphatic heterocycles. The van der Waals surface area contributed by atoms with E-state index in [0.29, 0.717) is 6.42 Å². The minimum absolute atomic E-state index is 0.0331. The normalized spacial score (nSPS) is 19.9. The van der Waals surface area contributed by atoms with Crippen LogP contribution in [0.25, 0.3) is 0 Å². The maximum absolute atomic E-state index is 12.0. The minimum Gasteiger partial charge on any atom is -0.480 e. The van der Waals surface area contributed by atoms with Gasteiger partial charge in [-0.15, -0.1) is 0 Å². The molecule has 1 N–H and O–H groups in total. The molecule has 1 aliphatic rings. The first-order valence-corrected chi connectivity index (χ1v) is 8.50. The third-order valence-corrected chi connectivity index (χ3v) is 4.73. The first kappa shape index (κ1) is 16.9. The van der Waals surface area contributed by atoms with E-state index in [1.54, 1.807) is 0 Å². The molecular weight excluding hydrogens is 286 g/mol. The lowest BCUT2D eigenvalue weighted by Gasteiger charge is -2.32. The van der Waals surface area contributed by atoms with E-state index in [0.717, 1.165) is 17.7 Å². The highest BCUT2D eigenvalue weighted by Crippen LogP contribution is 2.10. The largest absolute Gasteiger partial charge is 0.480 e. The summed E-state index contributed by atoms with van der Waals surface area (Å²) in [6.45, 7) is 2.20. The van der Waals surface area contributed by atoms with Gasteiger partial charge in [0.15, 0.2) is 15.9 Å². The Labute approximate surface area is 118 Å². The van der Waals surface area contributed by atoms with E-state index in [2.05, 4.69) is 0 Å². The van der Waals surface area contributed by atoms with Gasteiger partial charge in [-0.25, -0.2) is 13.2 Å². The van der Waals surface area contributed by atoms with E-state index in [1.165, 1.54) is 0 Å². The molecule has 116 valence electrons. The van der Waals surface area contributed by atoms with E-state index in [-0.39, 0.29) is 25.5 Å². The van der Waals surface area contributed by atoms with Gasteiger partial charge in [-0.2, -0.15) is 0 Å². The van der Waals surface area contributed by atoms with E-state index in [1.807, 2.05) is 6.92 Å². The highest BCUT2D eigenvalue weighted by atomic mass is 32.2. The number of carboxylic acid groups (broad SMARTS) is 1. The second-order valence-electron chi connectivity index (χ2n) is 4.82. The molecule has 0 aromatic rings. The van der Waals surface area contributed by atoms with Crippen molar-refractivity contribution in [2.45, 2.75) is 32.2 Å². The molecule has 1 unspecified atom stereocenters. The van der Waals surface area contributed by atoms with Crippen LogP contribution in [0.1, 0.15) is 26.2 Å². The Morgan fingerprint density at radius 2 is 2.05 bits per heavy atom. The SMILES string of the molecule is CCCCCS(=O)(=O)CC(=O)N1CCOCC1C(=O)O. The molecule has 1 fully saturated rings. The third kappa shape index (κ3) is 5.09. The zero-order chi connectivity index (χ0) is 15.2. The predicted octanol–water partition coefficient (Wildman–Crippen LogP) is -0.0966. The zero-order valence-corrected chi connectivity index (χ0v) is 12.4. The number of carboxylic acids is 1. The lowest BCUT2D eigenvalue weighted by Crippen LogP contribution is -2.54. The second-order valence-corrected chi connectivity index (χ2v) is 7.00. The molecule has 1 atom stereocenters. The van der Waals surface area contributed by atoms with Crippen LogP contribution in [0.15, 0.2) is 0 Å². The number of rotatable bonds is 7. The fourth-order valence-corrected chi connectivity index (χ4v) is 3.35. The summed E-state index contributed by atoms with van der Waals surface area (Å²) in [7, 11) is -3.48. The molecule has 0 radical (unpaired) electrons. The number of nitrogens with zero attached hydrogens (tertiary/aromatic N) is 1. The maximum Gasteiger partial charge on any atom is 0.328 e. The molecule has 0 saturated carbocycles. The van der Waals surface area contributed by atoms with Gasteiger partial charge in [0.1, 0.15) is 5.75 Å². The van der Waals surface area contributed by atoms with Gasteiger partial charge >= 0.3 is 5.97 Å². The Morgan fingerprint density at radius 1 is 1.35 bits per heavy atom. The number of hydrogen-bond donors (Lipinski definition) is 1. The van der Waals surface area contributed by atoms with Crippen molar-refractivity contribution < 1.29 is 27.9 Å². The van der Waals surface area contributed by atoms with Crippen molar-refractivity contribution in [2.24, 2.45) is 0 Å². The van der Waals surface area contributed by atoms with E-state index >= 15 is 0 Å². The number of aliphatic carboxylic acids is 1. The van der Waals surface area contributed by atoms with Crippen molar-refractivity contribution >= 4 is 21.7 Å². The molecule has 1 rings (SSSR count). The lowest BCUT2D eigenvalue weighted by molar-refractivity contribution is -0.157. The average Bonchev–Trinajstić information content (AvgIpc) is 2.38. The molecule has 7 nitrogen and oxygen atoms in total. The Balaban J connectivity index is 2.62. The quantitative estimate of drug-likeness (QED) is 0.659. The number of hydrogen-bond acceptors (Lipinski definition) is 5. The fraction of sp³-hybridized carbons (Fsp3) is 0.833. The predicted molar refractivity (Wildman–Crippen MR) is 72.1 cm³/mol. The molecule has 0 aromatic heterocycles. The van der Waals surface area contributed by atoms with Crippen molar-refractivity contribution in [3.8, 4) is 0 Å². The van der Waals surface area contributed by atoms with Crippen LogP contribution in [0.5, 0.6) is 0 Å². The molecule has 0 aromatic carbocycles. The molecule has 0 bridgehead atoms. The topological polar surface area (TPSA) is 101 Å². The highest BCUT2D eigenvalue weighted by Gasteiger charge is 2.34. The molecular formula is C12H21NO6S. The van der Waals surface area contributed by atoms with Gasteiger partial charge in [0.25, 0.3) is 0 Å². The molecule has 1 saturated heterocycles. The maximum atomic E-state index is 12.0. The summed E-state index contributed by atoms with van der Waals surface area (Å²) in [4.78, 5) is 24.1. The Hall–Kier alpha value is -1.15. The van der Waals surface area contributed by atoms with Gasteiger partial charge in [0.2, 0.25) is 5.91 Å². The average molecular weight is 307 g/mol. The van der Waals surface area contributed by atoms with Crippen molar-refractivity contribution in [2.75, 3.05) is 31.3 Å². The third-order valence-electron chi connectivity index (χ3n) is 3.14. The molecule has 1 heterocycles. The minimum atomic E-state index is -3.48. The van der Waals surface area contributed by atoms with E-state index in [4.69, 9.17) is 9.84 Å².